The minimum absolute atomic E-state index is 0.225. The lowest BCUT2D eigenvalue weighted by Gasteiger charge is -2.21. The molecule has 1 aromatic carbocycles. The van der Waals surface area contributed by atoms with E-state index in [4.69, 9.17) is 0 Å². The molecule has 1 fully saturated rings. The summed E-state index contributed by atoms with van der Waals surface area (Å²) < 4.78 is 14.5. The Morgan fingerprint density at radius 1 is 1.21 bits per heavy atom. The number of H-pyrrole nitrogens is 1. The zero-order valence-electron chi connectivity index (χ0n) is 16.2. The summed E-state index contributed by atoms with van der Waals surface area (Å²) in [5.74, 6) is 0.408. The molecule has 7 nitrogen and oxygen atoms in total. The molecule has 2 aromatic heterocycles. The van der Waals surface area contributed by atoms with Crippen LogP contribution in [0.2, 0.25) is 0 Å². The second-order valence-corrected chi connectivity index (χ2v) is 7.61. The summed E-state index contributed by atoms with van der Waals surface area (Å²) in [4.78, 5) is 36.4. The van der Waals surface area contributed by atoms with E-state index in [2.05, 4.69) is 20.3 Å². The van der Waals surface area contributed by atoms with Crippen molar-refractivity contribution in [2.24, 2.45) is 5.92 Å². The van der Waals surface area contributed by atoms with Crippen molar-refractivity contribution in [3.05, 3.63) is 62.7 Å². The molecule has 1 saturated carbocycles. The normalized spacial score (nSPS) is 14.9. The number of halogens is 1. The Labute approximate surface area is 167 Å². The number of nitrogens with zero attached hydrogens (tertiary/aromatic N) is 3. The summed E-state index contributed by atoms with van der Waals surface area (Å²) in [6.07, 6.45) is 7.67. The average Bonchev–Trinajstić information content (AvgIpc) is 2.72. The SMILES string of the molecule is O=c1[nH]c2nc(NCCc3cccc(F)c3)ncc2c(=O)n1CC1CCCCC1. The number of hydrogen-bond donors (Lipinski definition) is 2. The topological polar surface area (TPSA) is 92.7 Å². The largest absolute Gasteiger partial charge is 0.354 e. The third-order valence-corrected chi connectivity index (χ3v) is 5.49. The summed E-state index contributed by atoms with van der Waals surface area (Å²) in [7, 11) is 0. The van der Waals surface area contributed by atoms with Crippen molar-refractivity contribution in [3.8, 4) is 0 Å². The van der Waals surface area contributed by atoms with Gasteiger partial charge in [-0.15, -0.1) is 0 Å². The van der Waals surface area contributed by atoms with Gasteiger partial charge in [0.05, 0.1) is 0 Å². The van der Waals surface area contributed by atoms with Gasteiger partial charge in [-0.25, -0.2) is 14.2 Å². The van der Waals surface area contributed by atoms with Gasteiger partial charge in [0, 0.05) is 19.3 Å². The highest BCUT2D eigenvalue weighted by molar-refractivity contribution is 5.73. The Morgan fingerprint density at radius 2 is 2.03 bits per heavy atom. The number of benzene rings is 1. The number of aromatic amines is 1. The molecule has 0 radical (unpaired) electrons. The van der Waals surface area contributed by atoms with E-state index in [9.17, 15) is 14.0 Å². The quantitative estimate of drug-likeness (QED) is 0.667. The first kappa shape index (κ1) is 19.3. The smallest absolute Gasteiger partial charge is 0.330 e. The summed E-state index contributed by atoms with van der Waals surface area (Å²) in [5.41, 5.74) is 0.304. The lowest BCUT2D eigenvalue weighted by atomic mass is 9.89. The second-order valence-electron chi connectivity index (χ2n) is 7.61. The molecule has 2 heterocycles. The fourth-order valence-electron chi connectivity index (χ4n) is 3.93. The van der Waals surface area contributed by atoms with Crippen molar-refractivity contribution in [1.29, 1.82) is 0 Å². The molecule has 8 heteroatoms. The van der Waals surface area contributed by atoms with Crippen LogP contribution in [0.4, 0.5) is 10.3 Å². The molecule has 3 aromatic rings. The van der Waals surface area contributed by atoms with Crippen LogP contribution < -0.4 is 16.6 Å². The van der Waals surface area contributed by atoms with Gasteiger partial charge in [0.15, 0.2) is 5.65 Å². The molecule has 29 heavy (non-hydrogen) atoms. The third-order valence-electron chi connectivity index (χ3n) is 5.49. The van der Waals surface area contributed by atoms with Crippen molar-refractivity contribution in [2.45, 2.75) is 45.1 Å². The highest BCUT2D eigenvalue weighted by Gasteiger charge is 2.17. The molecule has 0 saturated heterocycles. The minimum atomic E-state index is -0.433. The van der Waals surface area contributed by atoms with Crippen LogP contribution in [-0.4, -0.2) is 26.1 Å². The van der Waals surface area contributed by atoms with Gasteiger partial charge in [-0.05, 0) is 42.9 Å². The summed E-state index contributed by atoms with van der Waals surface area (Å²) in [5, 5.41) is 3.35. The number of anilines is 1. The zero-order chi connectivity index (χ0) is 20.2. The van der Waals surface area contributed by atoms with Crippen LogP contribution in [0.25, 0.3) is 11.0 Å². The highest BCUT2D eigenvalue weighted by atomic mass is 19.1. The van der Waals surface area contributed by atoms with Crippen LogP contribution in [0.5, 0.6) is 0 Å². The minimum Gasteiger partial charge on any atom is -0.354 e. The van der Waals surface area contributed by atoms with Gasteiger partial charge < -0.3 is 5.32 Å². The molecule has 0 amide bonds. The van der Waals surface area contributed by atoms with Crippen molar-refractivity contribution in [2.75, 3.05) is 11.9 Å². The van der Waals surface area contributed by atoms with Crippen molar-refractivity contribution in [1.82, 2.24) is 19.5 Å². The first-order valence-corrected chi connectivity index (χ1v) is 10.1. The lowest BCUT2D eigenvalue weighted by molar-refractivity contribution is 0.312. The second kappa shape index (κ2) is 8.55. The molecule has 0 unspecified atom stereocenters. The molecule has 152 valence electrons. The summed E-state index contributed by atoms with van der Waals surface area (Å²) in [6.45, 7) is 0.940. The van der Waals surface area contributed by atoms with Crippen LogP contribution in [0.3, 0.4) is 0 Å². The number of hydrogen-bond acceptors (Lipinski definition) is 5. The van der Waals surface area contributed by atoms with Gasteiger partial charge in [0.2, 0.25) is 5.95 Å². The first-order chi connectivity index (χ1) is 14.1. The Kier molecular flexibility index (Phi) is 5.69. The van der Waals surface area contributed by atoms with Crippen molar-refractivity contribution >= 4 is 17.0 Å². The van der Waals surface area contributed by atoms with Crippen LogP contribution in [0.1, 0.15) is 37.7 Å². The molecule has 0 bridgehead atoms. The Hall–Kier alpha value is -3.03. The molecule has 0 spiro atoms. The summed E-state index contributed by atoms with van der Waals surface area (Å²) >= 11 is 0. The van der Waals surface area contributed by atoms with Crippen LogP contribution in [-0.2, 0) is 13.0 Å². The fraction of sp³-hybridized carbons (Fsp3) is 0.429. The maximum atomic E-state index is 13.2. The zero-order valence-corrected chi connectivity index (χ0v) is 16.2. The van der Waals surface area contributed by atoms with Crippen molar-refractivity contribution in [3.63, 3.8) is 0 Å². The van der Waals surface area contributed by atoms with E-state index in [0.29, 0.717) is 36.8 Å². The predicted octanol–water partition coefficient (Wildman–Crippen LogP) is 2.85. The van der Waals surface area contributed by atoms with Gasteiger partial charge in [-0.2, -0.15) is 4.98 Å². The number of nitrogens with one attached hydrogen (secondary N) is 2. The Balaban J connectivity index is 1.49. The van der Waals surface area contributed by atoms with Gasteiger partial charge in [-0.3, -0.25) is 14.3 Å². The van der Waals surface area contributed by atoms with E-state index in [-0.39, 0.29) is 17.0 Å². The van der Waals surface area contributed by atoms with Crippen molar-refractivity contribution < 1.29 is 4.39 Å². The lowest BCUT2D eigenvalue weighted by Crippen LogP contribution is -2.37. The predicted molar refractivity (Wildman–Crippen MR) is 110 cm³/mol. The highest BCUT2D eigenvalue weighted by Crippen LogP contribution is 2.24. The maximum absolute atomic E-state index is 13.2. The third kappa shape index (κ3) is 4.52. The van der Waals surface area contributed by atoms with E-state index in [1.807, 2.05) is 6.07 Å². The molecule has 4 rings (SSSR count). The number of fused-ring (bicyclic) bond motifs is 1. The van der Waals surface area contributed by atoms with Crippen LogP contribution >= 0.6 is 0 Å². The number of aromatic nitrogens is 4. The molecule has 1 aliphatic carbocycles. The molecule has 2 N–H and O–H groups in total. The Bertz CT molecular complexity index is 1120. The van der Waals surface area contributed by atoms with Gasteiger partial charge >= 0.3 is 5.69 Å². The van der Waals surface area contributed by atoms with E-state index in [1.54, 1.807) is 6.07 Å². The average molecular weight is 397 g/mol. The molecule has 0 aliphatic heterocycles. The van der Waals surface area contributed by atoms with Crippen LogP contribution in [0, 0.1) is 11.7 Å². The van der Waals surface area contributed by atoms with E-state index in [0.717, 1.165) is 31.2 Å². The molecular formula is C21H24FN5O2. The van der Waals surface area contributed by atoms with E-state index in [1.165, 1.54) is 29.3 Å². The van der Waals surface area contributed by atoms with Gasteiger partial charge in [0.1, 0.15) is 11.2 Å². The Morgan fingerprint density at radius 3 is 2.83 bits per heavy atom. The maximum Gasteiger partial charge on any atom is 0.330 e. The standard InChI is InChI=1S/C21H24FN5O2/c22-16-8-4-7-14(11-16)9-10-23-20-24-12-17-18(25-20)26-21(29)27(19(17)28)13-15-5-2-1-3-6-15/h4,7-8,11-12,15H,1-3,5-6,9-10,13H2,(H2,23,24,25,26,29). The van der Waals surface area contributed by atoms with E-state index >= 15 is 0 Å². The molecular weight excluding hydrogens is 373 g/mol. The monoisotopic (exact) mass is 397 g/mol. The van der Waals surface area contributed by atoms with Gasteiger partial charge in [0.25, 0.3) is 5.56 Å². The van der Waals surface area contributed by atoms with E-state index < -0.39 is 5.69 Å². The number of rotatable bonds is 6. The van der Waals surface area contributed by atoms with Gasteiger partial charge in [-0.1, -0.05) is 31.4 Å². The first-order valence-electron chi connectivity index (χ1n) is 10.1. The summed E-state index contributed by atoms with van der Waals surface area (Å²) in [6, 6.07) is 6.40. The molecule has 0 atom stereocenters. The molecule has 1 aliphatic rings. The fourth-order valence-corrected chi connectivity index (χ4v) is 3.93. The van der Waals surface area contributed by atoms with Crippen LogP contribution in [0.15, 0.2) is 40.1 Å².